The first kappa shape index (κ1) is 21.0. The largest absolute Gasteiger partial charge is 0.508 e. The van der Waals surface area contributed by atoms with E-state index in [2.05, 4.69) is 66.7 Å². The molecule has 0 bridgehead atoms. The number of aromatic hydroxyl groups is 2. The minimum absolute atomic E-state index is 0.256. The van der Waals surface area contributed by atoms with Crippen molar-refractivity contribution in [3.63, 3.8) is 0 Å². The molecule has 3 aromatic carbocycles. The quantitative estimate of drug-likeness (QED) is 0.483. The number of rotatable bonds is 4. The Morgan fingerprint density at radius 2 is 1.07 bits per heavy atom. The van der Waals surface area contributed by atoms with Gasteiger partial charge in [0.15, 0.2) is 0 Å². The van der Waals surface area contributed by atoms with Crippen molar-refractivity contribution in [2.75, 3.05) is 0 Å². The molecule has 2 N–H and O–H groups in total. The molecule has 0 aliphatic carbocycles. The second kappa shape index (κ2) is 7.94. The summed E-state index contributed by atoms with van der Waals surface area (Å²) in [5.41, 5.74) is 10.1. The van der Waals surface area contributed by atoms with Crippen LogP contribution in [0, 0.1) is 20.8 Å². The van der Waals surface area contributed by atoms with Crippen molar-refractivity contribution in [2.24, 2.45) is 0 Å². The van der Waals surface area contributed by atoms with Gasteiger partial charge in [0.25, 0.3) is 0 Å². The lowest BCUT2D eigenvalue weighted by Gasteiger charge is -2.19. The van der Waals surface area contributed by atoms with E-state index < -0.39 is 0 Å². The first-order valence-electron chi connectivity index (χ1n) is 10.4. The fourth-order valence-electron chi connectivity index (χ4n) is 4.57. The van der Waals surface area contributed by atoms with Gasteiger partial charge >= 0.3 is 0 Å². The summed E-state index contributed by atoms with van der Waals surface area (Å²) in [6.45, 7) is 14.8. The minimum Gasteiger partial charge on any atom is -0.508 e. The number of benzene rings is 3. The molecule has 152 valence electrons. The Hall–Kier alpha value is -2.74. The molecule has 0 fully saturated rings. The van der Waals surface area contributed by atoms with E-state index in [1.165, 1.54) is 11.1 Å². The molecule has 0 spiro atoms. The second-order valence-corrected chi connectivity index (χ2v) is 8.68. The molecule has 0 aromatic heterocycles. The number of hydrogen-bond donors (Lipinski definition) is 2. The highest BCUT2D eigenvalue weighted by atomic mass is 16.3. The Labute approximate surface area is 174 Å². The van der Waals surface area contributed by atoms with E-state index in [0.717, 1.165) is 38.9 Å². The van der Waals surface area contributed by atoms with Crippen LogP contribution in [-0.4, -0.2) is 10.2 Å². The fraction of sp³-hybridized carbons (Fsp3) is 0.333. The average molecular weight is 389 g/mol. The maximum atomic E-state index is 10.4. The van der Waals surface area contributed by atoms with Gasteiger partial charge in [0.1, 0.15) is 11.5 Å². The highest BCUT2D eigenvalue weighted by Crippen LogP contribution is 2.40. The molecule has 0 radical (unpaired) electrons. The van der Waals surface area contributed by atoms with Crippen LogP contribution in [-0.2, 0) is 0 Å². The molecule has 0 unspecified atom stereocenters. The van der Waals surface area contributed by atoms with Gasteiger partial charge in [-0.25, -0.2) is 0 Å². The predicted octanol–water partition coefficient (Wildman–Crippen LogP) is 7.60. The van der Waals surface area contributed by atoms with E-state index in [0.29, 0.717) is 11.5 Å². The van der Waals surface area contributed by atoms with E-state index in [1.54, 1.807) is 6.07 Å². The van der Waals surface area contributed by atoms with Crippen molar-refractivity contribution in [1.82, 2.24) is 0 Å². The third-order valence-electron chi connectivity index (χ3n) is 5.98. The highest BCUT2D eigenvalue weighted by Gasteiger charge is 2.17. The molecule has 0 aliphatic rings. The molecule has 2 heteroatoms. The molecule has 0 saturated heterocycles. The monoisotopic (exact) mass is 388 g/mol. The smallest absolute Gasteiger partial charge is 0.119 e. The predicted molar refractivity (Wildman–Crippen MR) is 123 cm³/mol. The number of aryl methyl sites for hydroxylation is 1. The van der Waals surface area contributed by atoms with Gasteiger partial charge in [0, 0.05) is 0 Å². The lowest BCUT2D eigenvalue weighted by Crippen LogP contribution is -1.98. The van der Waals surface area contributed by atoms with E-state index in [4.69, 9.17) is 0 Å². The topological polar surface area (TPSA) is 40.5 Å². The average Bonchev–Trinajstić information content (AvgIpc) is 2.62. The van der Waals surface area contributed by atoms with E-state index in [1.807, 2.05) is 18.2 Å². The molecule has 0 aliphatic heterocycles. The van der Waals surface area contributed by atoms with E-state index in [9.17, 15) is 10.2 Å². The normalized spacial score (nSPS) is 11.5. The molecular formula is C27H32O2. The third kappa shape index (κ3) is 3.76. The van der Waals surface area contributed by atoms with Gasteiger partial charge in [-0.2, -0.15) is 0 Å². The Kier molecular flexibility index (Phi) is 5.75. The van der Waals surface area contributed by atoms with Gasteiger partial charge in [0.2, 0.25) is 0 Å². The van der Waals surface area contributed by atoms with E-state index in [-0.39, 0.29) is 11.8 Å². The van der Waals surface area contributed by atoms with Crippen LogP contribution in [0.5, 0.6) is 11.5 Å². The second-order valence-electron chi connectivity index (χ2n) is 8.68. The zero-order chi connectivity index (χ0) is 21.5. The van der Waals surface area contributed by atoms with Crippen LogP contribution in [0.25, 0.3) is 22.3 Å². The van der Waals surface area contributed by atoms with Gasteiger partial charge in [-0.3, -0.25) is 0 Å². The van der Waals surface area contributed by atoms with Crippen LogP contribution in [0.1, 0.15) is 67.3 Å². The summed E-state index contributed by atoms with van der Waals surface area (Å²) in [4.78, 5) is 0. The molecule has 3 aromatic rings. The van der Waals surface area contributed by atoms with Gasteiger partial charge in [-0.05, 0) is 101 Å². The van der Waals surface area contributed by atoms with Crippen LogP contribution < -0.4 is 0 Å². The summed E-state index contributed by atoms with van der Waals surface area (Å²) in [6.07, 6.45) is 0. The summed E-state index contributed by atoms with van der Waals surface area (Å²) in [7, 11) is 0. The van der Waals surface area contributed by atoms with Crippen molar-refractivity contribution in [3.8, 4) is 33.8 Å². The maximum absolute atomic E-state index is 10.4. The fourth-order valence-corrected chi connectivity index (χ4v) is 4.57. The molecule has 0 saturated carbocycles. The Balaban J connectivity index is 2.22. The SMILES string of the molecule is Cc1ccc(-c2ccc(O)c(C(C)C)c2C)cc1-c1ccc(O)c(C(C)C)c1C. The van der Waals surface area contributed by atoms with Crippen LogP contribution in [0.2, 0.25) is 0 Å². The molecule has 3 rings (SSSR count). The van der Waals surface area contributed by atoms with Crippen LogP contribution in [0.15, 0.2) is 42.5 Å². The number of phenols is 2. The van der Waals surface area contributed by atoms with Crippen molar-refractivity contribution in [2.45, 2.75) is 60.3 Å². The zero-order valence-electron chi connectivity index (χ0n) is 18.6. The van der Waals surface area contributed by atoms with Crippen molar-refractivity contribution in [3.05, 3.63) is 70.3 Å². The molecular weight excluding hydrogens is 356 g/mol. The minimum atomic E-state index is 0.256. The lowest BCUT2D eigenvalue weighted by molar-refractivity contribution is 0.463. The van der Waals surface area contributed by atoms with Crippen LogP contribution in [0.4, 0.5) is 0 Å². The summed E-state index contributed by atoms with van der Waals surface area (Å²) in [6, 6.07) is 14.2. The number of phenolic OH excluding ortho intramolecular Hbond substituents is 2. The number of hydrogen-bond acceptors (Lipinski definition) is 2. The molecule has 0 amide bonds. The van der Waals surface area contributed by atoms with Crippen LogP contribution in [0.3, 0.4) is 0 Å². The highest BCUT2D eigenvalue weighted by molar-refractivity contribution is 5.80. The molecule has 29 heavy (non-hydrogen) atoms. The van der Waals surface area contributed by atoms with Gasteiger partial charge in [0.05, 0.1) is 0 Å². The van der Waals surface area contributed by atoms with E-state index >= 15 is 0 Å². The zero-order valence-corrected chi connectivity index (χ0v) is 18.6. The Morgan fingerprint density at radius 3 is 1.59 bits per heavy atom. The van der Waals surface area contributed by atoms with Gasteiger partial charge < -0.3 is 10.2 Å². The van der Waals surface area contributed by atoms with Crippen LogP contribution >= 0.6 is 0 Å². The molecule has 2 nitrogen and oxygen atoms in total. The summed E-state index contributed by atoms with van der Waals surface area (Å²) in [5.74, 6) is 1.25. The van der Waals surface area contributed by atoms with Crippen molar-refractivity contribution < 1.29 is 10.2 Å². The Morgan fingerprint density at radius 1 is 0.586 bits per heavy atom. The summed E-state index contributed by atoms with van der Waals surface area (Å²) in [5, 5.41) is 20.7. The third-order valence-corrected chi connectivity index (χ3v) is 5.98. The molecule has 0 atom stereocenters. The Bertz CT molecular complexity index is 1060. The standard InChI is InChI=1S/C27H32O2/c1-15(2)26-18(6)21(10-12-24(26)28)20-9-8-17(5)23(14-20)22-11-13-25(29)27(16(3)4)19(22)7/h8-16,28-29H,1-7H3. The van der Waals surface area contributed by atoms with Crippen molar-refractivity contribution in [1.29, 1.82) is 0 Å². The maximum Gasteiger partial charge on any atom is 0.119 e. The van der Waals surface area contributed by atoms with Gasteiger partial charge in [-0.15, -0.1) is 0 Å². The first-order valence-corrected chi connectivity index (χ1v) is 10.4. The summed E-state index contributed by atoms with van der Waals surface area (Å²) >= 11 is 0. The first-order chi connectivity index (χ1) is 13.6. The summed E-state index contributed by atoms with van der Waals surface area (Å²) < 4.78 is 0. The van der Waals surface area contributed by atoms with Crippen molar-refractivity contribution >= 4 is 0 Å². The lowest BCUT2D eigenvalue weighted by atomic mass is 9.86. The molecule has 0 heterocycles. The van der Waals surface area contributed by atoms with Gasteiger partial charge in [-0.1, -0.05) is 52.0 Å².